The summed E-state index contributed by atoms with van der Waals surface area (Å²) < 4.78 is 19.5. The second-order valence-corrected chi connectivity index (χ2v) is 7.18. The number of benzene rings is 2. The molecule has 1 fully saturated rings. The first-order valence-corrected chi connectivity index (χ1v) is 9.54. The van der Waals surface area contributed by atoms with Gasteiger partial charge in [-0.3, -0.25) is 4.79 Å². The Morgan fingerprint density at radius 1 is 1.27 bits per heavy atom. The Morgan fingerprint density at radius 3 is 2.87 bits per heavy atom. The van der Waals surface area contributed by atoms with Crippen LogP contribution in [0.15, 0.2) is 48.8 Å². The molecule has 8 nitrogen and oxygen atoms in total. The number of hydrogen-bond donors (Lipinski definition) is 2. The van der Waals surface area contributed by atoms with E-state index >= 15 is 0 Å². The zero-order valence-corrected chi connectivity index (χ0v) is 16.5. The molecule has 0 radical (unpaired) electrons. The maximum absolute atomic E-state index is 13.8. The van der Waals surface area contributed by atoms with Crippen molar-refractivity contribution in [1.29, 1.82) is 0 Å². The lowest BCUT2D eigenvalue weighted by Crippen LogP contribution is -2.54. The van der Waals surface area contributed by atoms with Gasteiger partial charge in [-0.15, -0.1) is 0 Å². The highest BCUT2D eigenvalue weighted by atomic mass is 35.5. The smallest absolute Gasteiger partial charge is 0.248 e. The Balaban J connectivity index is 1.33. The third kappa shape index (κ3) is 4.57. The van der Waals surface area contributed by atoms with E-state index in [4.69, 9.17) is 22.1 Å². The molecule has 1 aromatic heterocycles. The second kappa shape index (κ2) is 8.50. The van der Waals surface area contributed by atoms with Crippen molar-refractivity contribution >= 4 is 29.4 Å². The molecule has 0 saturated carbocycles. The van der Waals surface area contributed by atoms with Crippen LogP contribution in [0, 0.1) is 5.82 Å². The summed E-state index contributed by atoms with van der Waals surface area (Å²) in [6, 6.07) is 11.3. The zero-order valence-electron chi connectivity index (χ0n) is 15.8. The maximum atomic E-state index is 13.8. The van der Waals surface area contributed by atoms with E-state index in [1.165, 1.54) is 18.5 Å². The summed E-state index contributed by atoms with van der Waals surface area (Å²) in [6.45, 7) is 1.46. The van der Waals surface area contributed by atoms with Crippen molar-refractivity contribution in [2.24, 2.45) is 5.73 Å². The largest absolute Gasteiger partial charge is 0.484 e. The van der Waals surface area contributed by atoms with Gasteiger partial charge in [0.25, 0.3) is 0 Å². The average Bonchev–Trinajstić information content (AvgIpc) is 2.70. The van der Waals surface area contributed by atoms with Crippen LogP contribution < -0.4 is 20.7 Å². The van der Waals surface area contributed by atoms with Gasteiger partial charge in [0.1, 0.15) is 12.4 Å². The normalized spacial score (nSPS) is 13.6. The summed E-state index contributed by atoms with van der Waals surface area (Å²) >= 11 is 5.75. The summed E-state index contributed by atoms with van der Waals surface area (Å²) in [4.78, 5) is 25.9. The summed E-state index contributed by atoms with van der Waals surface area (Å²) in [7, 11) is 0. The molecule has 4 rings (SSSR count). The lowest BCUT2D eigenvalue weighted by molar-refractivity contribution is 0.1000. The number of nitrogens with zero attached hydrogens (tertiary/aromatic N) is 4. The van der Waals surface area contributed by atoms with Crippen LogP contribution in [0.25, 0.3) is 0 Å². The van der Waals surface area contributed by atoms with Crippen LogP contribution in [0.1, 0.15) is 15.9 Å². The lowest BCUT2D eigenvalue weighted by Gasteiger charge is -2.38. The summed E-state index contributed by atoms with van der Waals surface area (Å²) in [5.41, 5.74) is 6.61. The molecule has 1 amide bonds. The van der Waals surface area contributed by atoms with Crippen LogP contribution in [-0.4, -0.2) is 40.1 Å². The van der Waals surface area contributed by atoms with E-state index in [9.17, 15) is 9.18 Å². The van der Waals surface area contributed by atoms with Crippen LogP contribution in [0.3, 0.4) is 0 Å². The highest BCUT2D eigenvalue weighted by Gasteiger charge is 2.31. The molecule has 30 heavy (non-hydrogen) atoms. The van der Waals surface area contributed by atoms with E-state index < -0.39 is 11.7 Å². The van der Waals surface area contributed by atoms with Crippen LogP contribution in [-0.2, 0) is 6.54 Å². The van der Waals surface area contributed by atoms with E-state index in [2.05, 4.69) is 20.3 Å². The van der Waals surface area contributed by atoms with Gasteiger partial charge in [0.05, 0.1) is 13.1 Å². The molecular formula is C20H18ClFN6O2. The Kier molecular flexibility index (Phi) is 5.62. The number of aromatic nitrogens is 3. The number of hydrogen-bond acceptors (Lipinski definition) is 7. The first-order valence-electron chi connectivity index (χ1n) is 9.16. The van der Waals surface area contributed by atoms with E-state index in [1.807, 2.05) is 11.0 Å². The minimum atomic E-state index is -0.493. The number of anilines is 2. The first kappa shape index (κ1) is 19.8. The predicted molar refractivity (Wildman–Crippen MR) is 110 cm³/mol. The fourth-order valence-electron chi connectivity index (χ4n) is 2.97. The fourth-order valence-corrected chi connectivity index (χ4v) is 3.13. The molecule has 0 atom stereocenters. The molecule has 154 valence electrons. The highest BCUT2D eigenvalue weighted by Crippen LogP contribution is 2.26. The van der Waals surface area contributed by atoms with E-state index in [-0.39, 0.29) is 11.9 Å². The number of ether oxygens (including phenoxy) is 1. The number of primary amides is 1. The number of amides is 1. The van der Waals surface area contributed by atoms with Gasteiger partial charge in [0.2, 0.25) is 17.8 Å². The van der Waals surface area contributed by atoms with Gasteiger partial charge in [0.15, 0.2) is 11.6 Å². The standard InChI is InChI=1S/C20H18ClFN6O2/c21-14-4-5-17(16(22)7-14)30-15-9-28(10-15)20-26-11-25-19(27-20)24-8-12-2-1-3-13(6-12)18(23)29/h1-7,11,15H,8-10H2,(H2,23,29)(H,24,25,26,27). The van der Waals surface area contributed by atoms with Crippen molar-refractivity contribution in [3.63, 3.8) is 0 Å². The number of halogens is 2. The molecule has 3 aromatic rings. The SMILES string of the molecule is NC(=O)c1cccc(CNc2ncnc(N3CC(Oc4ccc(Cl)cc4F)C3)n2)c1. The monoisotopic (exact) mass is 428 g/mol. The molecule has 0 bridgehead atoms. The van der Waals surface area contributed by atoms with Crippen molar-refractivity contribution in [3.05, 3.63) is 70.8 Å². The molecule has 10 heteroatoms. The van der Waals surface area contributed by atoms with E-state index in [0.717, 1.165) is 5.56 Å². The Bertz CT molecular complexity index is 1080. The van der Waals surface area contributed by atoms with Crippen LogP contribution in [0.5, 0.6) is 5.75 Å². The summed E-state index contributed by atoms with van der Waals surface area (Å²) in [6.07, 6.45) is 1.24. The van der Waals surface area contributed by atoms with Crippen LogP contribution in [0.2, 0.25) is 5.02 Å². The van der Waals surface area contributed by atoms with Crippen molar-refractivity contribution in [1.82, 2.24) is 15.0 Å². The van der Waals surface area contributed by atoms with Crippen molar-refractivity contribution in [2.45, 2.75) is 12.6 Å². The average molecular weight is 429 g/mol. The lowest BCUT2D eigenvalue weighted by atomic mass is 10.1. The minimum Gasteiger partial charge on any atom is -0.484 e. The predicted octanol–water partition coefficient (Wildman–Crippen LogP) is 2.64. The van der Waals surface area contributed by atoms with Gasteiger partial charge in [-0.2, -0.15) is 4.98 Å². The molecule has 3 N–H and O–H groups in total. The van der Waals surface area contributed by atoms with E-state index in [0.29, 0.717) is 42.1 Å². The zero-order chi connectivity index (χ0) is 21.1. The molecule has 1 aliphatic rings. The highest BCUT2D eigenvalue weighted by molar-refractivity contribution is 6.30. The number of nitrogens with one attached hydrogen (secondary N) is 1. The molecule has 0 spiro atoms. The molecule has 0 unspecified atom stereocenters. The quantitative estimate of drug-likeness (QED) is 0.595. The van der Waals surface area contributed by atoms with Gasteiger partial charge in [-0.1, -0.05) is 23.7 Å². The molecule has 1 aliphatic heterocycles. The Labute approximate surface area is 176 Å². The van der Waals surface area contributed by atoms with Crippen LogP contribution >= 0.6 is 11.6 Å². The van der Waals surface area contributed by atoms with Crippen LogP contribution in [0.4, 0.5) is 16.3 Å². The third-order valence-electron chi connectivity index (χ3n) is 4.54. The van der Waals surface area contributed by atoms with Gasteiger partial charge < -0.3 is 20.7 Å². The van der Waals surface area contributed by atoms with Gasteiger partial charge >= 0.3 is 0 Å². The Morgan fingerprint density at radius 2 is 2.10 bits per heavy atom. The van der Waals surface area contributed by atoms with Crippen molar-refractivity contribution in [2.75, 3.05) is 23.3 Å². The van der Waals surface area contributed by atoms with Gasteiger partial charge in [-0.25, -0.2) is 14.4 Å². The minimum absolute atomic E-state index is 0.167. The Hall–Kier alpha value is -3.46. The van der Waals surface area contributed by atoms with Gasteiger partial charge in [-0.05, 0) is 35.9 Å². The third-order valence-corrected chi connectivity index (χ3v) is 4.77. The first-order chi connectivity index (χ1) is 14.5. The summed E-state index contributed by atoms with van der Waals surface area (Å²) in [5.74, 6) is 0.0907. The second-order valence-electron chi connectivity index (χ2n) is 6.75. The number of rotatable bonds is 7. The molecule has 2 aromatic carbocycles. The summed E-state index contributed by atoms with van der Waals surface area (Å²) in [5, 5.41) is 3.42. The van der Waals surface area contributed by atoms with Gasteiger partial charge in [0, 0.05) is 17.1 Å². The number of nitrogens with two attached hydrogens (primary N) is 1. The topological polar surface area (TPSA) is 106 Å². The number of carbonyl (C=O) groups excluding carboxylic acids is 1. The van der Waals surface area contributed by atoms with Crippen molar-refractivity contribution < 1.29 is 13.9 Å². The maximum Gasteiger partial charge on any atom is 0.248 e. The molecule has 0 aliphatic carbocycles. The van der Waals surface area contributed by atoms with Crippen molar-refractivity contribution in [3.8, 4) is 5.75 Å². The molecule has 1 saturated heterocycles. The molecular weight excluding hydrogens is 411 g/mol. The fraction of sp³-hybridized carbons (Fsp3) is 0.200. The molecule has 2 heterocycles. The number of carbonyl (C=O) groups is 1. The van der Waals surface area contributed by atoms with E-state index in [1.54, 1.807) is 24.3 Å².